The molecule has 0 saturated heterocycles. The van der Waals surface area contributed by atoms with Crippen molar-refractivity contribution in [3.63, 3.8) is 0 Å². The maximum Gasteiger partial charge on any atom is 0.306 e. The van der Waals surface area contributed by atoms with Gasteiger partial charge in [0.1, 0.15) is 5.65 Å². The lowest BCUT2D eigenvalue weighted by Gasteiger charge is -2.26. The Morgan fingerprint density at radius 2 is 2.08 bits per heavy atom. The molecule has 0 aromatic carbocycles. The lowest BCUT2D eigenvalue weighted by molar-refractivity contribution is -0.142. The molecule has 0 aliphatic heterocycles. The molecule has 6 nitrogen and oxygen atoms in total. The van der Waals surface area contributed by atoms with Gasteiger partial charge in [0.25, 0.3) is 0 Å². The molecule has 3 aromatic rings. The molecule has 1 aliphatic carbocycles. The van der Waals surface area contributed by atoms with Crippen molar-refractivity contribution in [2.75, 3.05) is 0 Å². The van der Waals surface area contributed by atoms with Crippen LogP contribution in [0.25, 0.3) is 22.2 Å². The van der Waals surface area contributed by atoms with Crippen molar-refractivity contribution in [1.82, 2.24) is 19.7 Å². The van der Waals surface area contributed by atoms with Gasteiger partial charge in [0.2, 0.25) is 0 Å². The fourth-order valence-corrected chi connectivity index (χ4v) is 3.72. The summed E-state index contributed by atoms with van der Waals surface area (Å²) in [6.07, 6.45) is 11.1. The minimum Gasteiger partial charge on any atom is -0.481 e. The molecule has 2 N–H and O–H groups in total. The highest BCUT2D eigenvalue weighted by atomic mass is 16.4. The Labute approximate surface area is 139 Å². The maximum absolute atomic E-state index is 11.1. The van der Waals surface area contributed by atoms with E-state index in [4.69, 9.17) is 5.11 Å². The van der Waals surface area contributed by atoms with Gasteiger partial charge in [-0.25, -0.2) is 4.98 Å². The zero-order chi connectivity index (χ0) is 16.7. The summed E-state index contributed by atoms with van der Waals surface area (Å²) >= 11 is 0. The summed E-state index contributed by atoms with van der Waals surface area (Å²) in [6, 6.07) is 2.20. The second-order valence-electron chi connectivity index (χ2n) is 6.66. The summed E-state index contributed by atoms with van der Waals surface area (Å²) in [5.74, 6) is -0.447. The fourth-order valence-electron chi connectivity index (χ4n) is 3.72. The van der Waals surface area contributed by atoms with Gasteiger partial charge in [-0.2, -0.15) is 5.10 Å². The number of pyridine rings is 1. The van der Waals surface area contributed by atoms with E-state index in [1.165, 1.54) is 5.56 Å². The van der Waals surface area contributed by atoms with Gasteiger partial charge in [-0.15, -0.1) is 0 Å². The first-order valence-electron chi connectivity index (χ1n) is 8.30. The minimum absolute atomic E-state index is 0.184. The van der Waals surface area contributed by atoms with Crippen LogP contribution in [0, 0.1) is 5.92 Å². The predicted octanol–water partition coefficient (Wildman–Crippen LogP) is 3.32. The summed E-state index contributed by atoms with van der Waals surface area (Å²) in [5.41, 5.74) is 4.25. The Morgan fingerprint density at radius 1 is 1.29 bits per heavy atom. The molecule has 0 spiro atoms. The first-order valence-corrected chi connectivity index (χ1v) is 8.30. The molecule has 0 unspecified atom stereocenters. The van der Waals surface area contributed by atoms with Crippen LogP contribution in [0.3, 0.4) is 0 Å². The highest BCUT2D eigenvalue weighted by Crippen LogP contribution is 2.37. The van der Waals surface area contributed by atoms with Crippen molar-refractivity contribution in [2.24, 2.45) is 13.0 Å². The van der Waals surface area contributed by atoms with Crippen LogP contribution in [0.4, 0.5) is 0 Å². The summed E-state index contributed by atoms with van der Waals surface area (Å²) in [5, 5.41) is 14.5. The van der Waals surface area contributed by atoms with Crippen LogP contribution in [-0.4, -0.2) is 30.8 Å². The molecule has 4 rings (SSSR count). The van der Waals surface area contributed by atoms with Crippen molar-refractivity contribution in [1.29, 1.82) is 0 Å². The minimum atomic E-state index is -0.661. The van der Waals surface area contributed by atoms with Crippen molar-refractivity contribution in [3.8, 4) is 11.1 Å². The van der Waals surface area contributed by atoms with E-state index < -0.39 is 5.97 Å². The number of aromatic nitrogens is 4. The number of nitrogens with one attached hydrogen (secondary N) is 1. The molecule has 1 saturated carbocycles. The number of H-pyrrole nitrogens is 1. The third-order valence-corrected chi connectivity index (χ3v) is 5.12. The smallest absolute Gasteiger partial charge is 0.306 e. The van der Waals surface area contributed by atoms with E-state index in [9.17, 15) is 4.79 Å². The predicted molar refractivity (Wildman–Crippen MR) is 90.6 cm³/mol. The molecule has 0 amide bonds. The monoisotopic (exact) mass is 324 g/mol. The molecular weight excluding hydrogens is 304 g/mol. The molecule has 0 radical (unpaired) electrons. The zero-order valence-electron chi connectivity index (χ0n) is 13.6. The number of hydrogen-bond acceptors (Lipinski definition) is 3. The second kappa shape index (κ2) is 5.78. The number of hydrogen-bond donors (Lipinski definition) is 2. The molecule has 124 valence electrons. The van der Waals surface area contributed by atoms with Gasteiger partial charge in [0.05, 0.1) is 12.1 Å². The summed E-state index contributed by atoms with van der Waals surface area (Å²) in [7, 11) is 1.91. The van der Waals surface area contributed by atoms with E-state index in [1.807, 2.05) is 31.8 Å². The Bertz CT molecular complexity index is 887. The van der Waals surface area contributed by atoms with Gasteiger partial charge in [-0.05, 0) is 43.2 Å². The summed E-state index contributed by atoms with van der Waals surface area (Å²) in [4.78, 5) is 18.9. The van der Waals surface area contributed by atoms with Gasteiger partial charge >= 0.3 is 5.97 Å². The molecular formula is C18H20N4O2. The lowest BCUT2D eigenvalue weighted by atomic mass is 9.79. The number of nitrogens with zero attached hydrogens (tertiary/aromatic N) is 3. The Balaban J connectivity index is 1.65. The molecule has 6 heteroatoms. The SMILES string of the molecule is Cn1cc(-c2c[nH]c3ncc(C4CCC(C(=O)O)CC4)cc23)cn1. The largest absolute Gasteiger partial charge is 0.481 e. The van der Waals surface area contributed by atoms with Crippen LogP contribution < -0.4 is 0 Å². The Kier molecular flexibility index (Phi) is 3.59. The maximum atomic E-state index is 11.1. The summed E-state index contributed by atoms with van der Waals surface area (Å²) < 4.78 is 1.79. The average Bonchev–Trinajstić information content (AvgIpc) is 3.20. The topological polar surface area (TPSA) is 83.8 Å². The zero-order valence-corrected chi connectivity index (χ0v) is 13.6. The highest BCUT2D eigenvalue weighted by molar-refractivity contribution is 5.93. The van der Waals surface area contributed by atoms with Crippen LogP contribution >= 0.6 is 0 Å². The Morgan fingerprint density at radius 3 is 2.75 bits per heavy atom. The van der Waals surface area contributed by atoms with E-state index in [1.54, 1.807) is 4.68 Å². The van der Waals surface area contributed by atoms with Crippen LogP contribution in [0.1, 0.15) is 37.2 Å². The standard InChI is InChI=1S/C18H20N4O2/c1-22-10-14(8-21-22)16-9-20-17-15(16)6-13(7-19-17)11-2-4-12(5-3-11)18(23)24/h6-12H,2-5H2,1H3,(H,19,20)(H,23,24). The molecule has 0 atom stereocenters. The number of aliphatic carboxylic acids is 1. The van der Waals surface area contributed by atoms with E-state index >= 15 is 0 Å². The first kappa shape index (κ1) is 14.9. The Hall–Kier alpha value is -2.63. The number of rotatable bonds is 3. The third-order valence-electron chi connectivity index (χ3n) is 5.12. The summed E-state index contributed by atoms with van der Waals surface area (Å²) in [6.45, 7) is 0. The number of carbonyl (C=O) groups is 1. The van der Waals surface area contributed by atoms with Crippen molar-refractivity contribution < 1.29 is 9.90 Å². The molecule has 1 fully saturated rings. The van der Waals surface area contributed by atoms with Gasteiger partial charge < -0.3 is 10.1 Å². The average molecular weight is 324 g/mol. The van der Waals surface area contributed by atoms with Gasteiger partial charge in [0, 0.05) is 42.2 Å². The first-order chi connectivity index (χ1) is 11.6. The lowest BCUT2D eigenvalue weighted by Crippen LogP contribution is -2.20. The normalized spacial score (nSPS) is 21.2. The quantitative estimate of drug-likeness (QED) is 0.774. The number of aryl methyl sites for hydroxylation is 1. The molecule has 24 heavy (non-hydrogen) atoms. The van der Waals surface area contributed by atoms with Crippen molar-refractivity contribution >= 4 is 17.0 Å². The van der Waals surface area contributed by atoms with E-state index in [-0.39, 0.29) is 5.92 Å². The number of fused-ring (bicyclic) bond motifs is 1. The van der Waals surface area contributed by atoms with E-state index in [0.29, 0.717) is 5.92 Å². The molecule has 3 aromatic heterocycles. The van der Waals surface area contributed by atoms with E-state index in [0.717, 1.165) is 47.8 Å². The molecule has 3 heterocycles. The second-order valence-corrected chi connectivity index (χ2v) is 6.66. The highest BCUT2D eigenvalue weighted by Gasteiger charge is 2.27. The number of carboxylic acids is 1. The number of aromatic amines is 1. The van der Waals surface area contributed by atoms with Gasteiger partial charge in [-0.1, -0.05) is 0 Å². The van der Waals surface area contributed by atoms with Gasteiger partial charge in [-0.3, -0.25) is 9.48 Å². The van der Waals surface area contributed by atoms with Gasteiger partial charge in [0.15, 0.2) is 0 Å². The molecule has 0 bridgehead atoms. The van der Waals surface area contributed by atoms with E-state index in [2.05, 4.69) is 21.1 Å². The van der Waals surface area contributed by atoms with Crippen molar-refractivity contribution in [2.45, 2.75) is 31.6 Å². The van der Waals surface area contributed by atoms with Crippen molar-refractivity contribution in [3.05, 3.63) is 36.4 Å². The van der Waals surface area contributed by atoms with Crippen LogP contribution in [0.5, 0.6) is 0 Å². The van der Waals surface area contributed by atoms with Crippen LogP contribution in [0.2, 0.25) is 0 Å². The third kappa shape index (κ3) is 2.58. The van der Waals surface area contributed by atoms with Crippen LogP contribution in [0.15, 0.2) is 30.9 Å². The number of carboxylic acid groups (broad SMARTS) is 1. The fraction of sp³-hybridized carbons (Fsp3) is 0.389. The molecule has 1 aliphatic rings. The van der Waals surface area contributed by atoms with Crippen LogP contribution in [-0.2, 0) is 11.8 Å².